The van der Waals surface area contributed by atoms with Crippen molar-refractivity contribution in [2.75, 3.05) is 13.7 Å². The molecule has 2 heterocycles. The number of guanidine groups is 1. The number of ether oxygens (including phenoxy) is 1. The average Bonchev–Trinajstić information content (AvgIpc) is 2.88. The van der Waals surface area contributed by atoms with Crippen LogP contribution in [0.15, 0.2) is 23.3 Å². The van der Waals surface area contributed by atoms with E-state index in [4.69, 9.17) is 4.74 Å². The Morgan fingerprint density at radius 1 is 1.33 bits per heavy atom. The second kappa shape index (κ2) is 10.4. The number of aliphatic imine (C=N–C) groups is 1. The normalized spacial score (nSPS) is 10.9. The van der Waals surface area contributed by atoms with Crippen molar-refractivity contribution in [2.24, 2.45) is 4.99 Å². The monoisotopic (exact) mass is 461 g/mol. The van der Waals surface area contributed by atoms with Gasteiger partial charge in [0.1, 0.15) is 5.01 Å². The van der Waals surface area contributed by atoms with Gasteiger partial charge in [-0.05, 0) is 26.8 Å². The van der Waals surface area contributed by atoms with Gasteiger partial charge in [0, 0.05) is 23.2 Å². The van der Waals surface area contributed by atoms with E-state index < -0.39 is 0 Å². The number of nitrogens with zero attached hydrogens (tertiary/aromatic N) is 3. The standard InChI is InChI=1S/C16H23N5OS.HI/c1-5-17-16(20-10-14-21-11(2)12(3)23-14)19-9-13-7-6-8-18-15(13)22-4;/h6-8H,5,9-10H2,1-4H3,(H2,17,19,20);1H. The molecular weight excluding hydrogens is 437 g/mol. The highest BCUT2D eigenvalue weighted by Crippen LogP contribution is 2.16. The summed E-state index contributed by atoms with van der Waals surface area (Å²) in [6.07, 6.45) is 1.71. The number of rotatable bonds is 6. The van der Waals surface area contributed by atoms with E-state index in [1.54, 1.807) is 24.6 Å². The topological polar surface area (TPSA) is 71.4 Å². The largest absolute Gasteiger partial charge is 0.481 e. The van der Waals surface area contributed by atoms with E-state index in [1.807, 2.05) is 26.0 Å². The average molecular weight is 461 g/mol. The quantitative estimate of drug-likeness (QED) is 0.393. The minimum Gasteiger partial charge on any atom is -0.481 e. The lowest BCUT2D eigenvalue weighted by molar-refractivity contribution is 0.392. The van der Waals surface area contributed by atoms with E-state index in [0.717, 1.165) is 28.8 Å². The number of nitrogens with one attached hydrogen (secondary N) is 2. The van der Waals surface area contributed by atoms with Gasteiger partial charge in [0.2, 0.25) is 5.88 Å². The summed E-state index contributed by atoms with van der Waals surface area (Å²) in [5, 5.41) is 7.61. The van der Waals surface area contributed by atoms with Crippen LogP contribution in [0.2, 0.25) is 0 Å². The van der Waals surface area contributed by atoms with Crippen molar-refractivity contribution in [2.45, 2.75) is 33.9 Å². The summed E-state index contributed by atoms with van der Waals surface area (Å²) in [4.78, 5) is 14.6. The smallest absolute Gasteiger partial charge is 0.218 e. The van der Waals surface area contributed by atoms with Crippen molar-refractivity contribution in [3.8, 4) is 5.88 Å². The SMILES string of the molecule is CCNC(=NCc1cccnc1OC)NCc1nc(C)c(C)s1.I. The summed E-state index contributed by atoms with van der Waals surface area (Å²) in [6.45, 7) is 8.12. The molecule has 24 heavy (non-hydrogen) atoms. The van der Waals surface area contributed by atoms with Crippen molar-refractivity contribution in [3.05, 3.63) is 39.5 Å². The van der Waals surface area contributed by atoms with Crippen LogP contribution in [0.25, 0.3) is 0 Å². The number of pyridine rings is 1. The van der Waals surface area contributed by atoms with Gasteiger partial charge in [-0.1, -0.05) is 6.07 Å². The molecule has 0 spiro atoms. The number of hydrogen-bond acceptors (Lipinski definition) is 5. The highest BCUT2D eigenvalue weighted by atomic mass is 127. The minimum absolute atomic E-state index is 0. The number of thiazole rings is 1. The maximum Gasteiger partial charge on any atom is 0.218 e. The molecule has 0 saturated carbocycles. The molecule has 0 fully saturated rings. The molecule has 2 aromatic rings. The van der Waals surface area contributed by atoms with Gasteiger partial charge in [0.05, 0.1) is 25.9 Å². The number of methoxy groups -OCH3 is 1. The Bertz CT molecular complexity index is 655. The lowest BCUT2D eigenvalue weighted by Crippen LogP contribution is -2.36. The van der Waals surface area contributed by atoms with Gasteiger partial charge in [-0.3, -0.25) is 0 Å². The van der Waals surface area contributed by atoms with E-state index in [1.165, 1.54) is 4.88 Å². The molecule has 0 aliphatic heterocycles. The predicted molar refractivity (Wildman–Crippen MR) is 109 cm³/mol. The third kappa shape index (κ3) is 5.90. The van der Waals surface area contributed by atoms with Crippen LogP contribution in [0.4, 0.5) is 0 Å². The van der Waals surface area contributed by atoms with Crippen LogP contribution >= 0.6 is 35.3 Å². The van der Waals surface area contributed by atoms with E-state index in [0.29, 0.717) is 19.0 Å². The Hall–Kier alpha value is -1.42. The fourth-order valence-electron chi connectivity index (χ4n) is 2.01. The van der Waals surface area contributed by atoms with E-state index >= 15 is 0 Å². The Balaban J connectivity index is 0.00000288. The summed E-state index contributed by atoms with van der Waals surface area (Å²) in [7, 11) is 1.62. The van der Waals surface area contributed by atoms with Crippen LogP contribution in [0.5, 0.6) is 5.88 Å². The lowest BCUT2D eigenvalue weighted by Gasteiger charge is -2.10. The first-order valence-corrected chi connectivity index (χ1v) is 8.38. The van der Waals surface area contributed by atoms with Crippen molar-refractivity contribution < 1.29 is 4.74 Å². The van der Waals surface area contributed by atoms with E-state index in [-0.39, 0.29) is 24.0 Å². The highest BCUT2D eigenvalue weighted by molar-refractivity contribution is 14.0. The molecule has 0 bridgehead atoms. The van der Waals surface area contributed by atoms with Crippen molar-refractivity contribution in [1.29, 1.82) is 0 Å². The fraction of sp³-hybridized carbons (Fsp3) is 0.438. The molecule has 0 aliphatic carbocycles. The third-order valence-corrected chi connectivity index (χ3v) is 4.35. The predicted octanol–water partition coefficient (Wildman–Crippen LogP) is 3.04. The first kappa shape index (κ1) is 20.6. The number of aromatic nitrogens is 2. The highest BCUT2D eigenvalue weighted by Gasteiger charge is 2.06. The van der Waals surface area contributed by atoms with Gasteiger partial charge in [-0.15, -0.1) is 35.3 Å². The first-order valence-electron chi connectivity index (χ1n) is 7.57. The molecule has 0 amide bonds. The molecule has 0 aliphatic rings. The molecule has 0 radical (unpaired) electrons. The Morgan fingerprint density at radius 2 is 2.12 bits per heavy atom. The zero-order valence-corrected chi connectivity index (χ0v) is 17.6. The second-order valence-electron chi connectivity index (χ2n) is 4.97. The molecule has 2 rings (SSSR count). The summed E-state index contributed by atoms with van der Waals surface area (Å²) in [6, 6.07) is 3.85. The zero-order chi connectivity index (χ0) is 16.7. The molecule has 0 atom stereocenters. The summed E-state index contributed by atoms with van der Waals surface area (Å²) in [5.74, 6) is 1.36. The summed E-state index contributed by atoms with van der Waals surface area (Å²) >= 11 is 1.71. The van der Waals surface area contributed by atoms with Crippen LogP contribution < -0.4 is 15.4 Å². The van der Waals surface area contributed by atoms with Crippen LogP contribution in [0.3, 0.4) is 0 Å². The second-order valence-corrected chi connectivity index (χ2v) is 6.26. The van der Waals surface area contributed by atoms with Gasteiger partial charge in [-0.2, -0.15) is 0 Å². The molecule has 0 saturated heterocycles. The fourth-order valence-corrected chi connectivity index (χ4v) is 2.88. The van der Waals surface area contributed by atoms with Crippen LogP contribution in [0.1, 0.15) is 28.1 Å². The lowest BCUT2D eigenvalue weighted by atomic mass is 10.3. The molecule has 0 unspecified atom stereocenters. The molecule has 2 aromatic heterocycles. The molecule has 2 N–H and O–H groups in total. The van der Waals surface area contributed by atoms with Gasteiger partial charge in [0.15, 0.2) is 5.96 Å². The van der Waals surface area contributed by atoms with E-state index in [2.05, 4.69) is 32.5 Å². The first-order chi connectivity index (χ1) is 11.1. The van der Waals surface area contributed by atoms with Crippen molar-refractivity contribution in [3.63, 3.8) is 0 Å². The van der Waals surface area contributed by atoms with Crippen LogP contribution in [-0.2, 0) is 13.1 Å². The molecule has 132 valence electrons. The summed E-state index contributed by atoms with van der Waals surface area (Å²) in [5.41, 5.74) is 2.04. The van der Waals surface area contributed by atoms with E-state index in [9.17, 15) is 0 Å². The summed E-state index contributed by atoms with van der Waals surface area (Å²) < 4.78 is 5.25. The third-order valence-electron chi connectivity index (χ3n) is 3.27. The van der Waals surface area contributed by atoms with Gasteiger partial charge >= 0.3 is 0 Å². The molecule has 0 aromatic carbocycles. The molecule has 6 nitrogen and oxygen atoms in total. The molecule has 8 heteroatoms. The minimum atomic E-state index is 0. The maximum absolute atomic E-state index is 5.25. The Morgan fingerprint density at radius 3 is 2.75 bits per heavy atom. The van der Waals surface area contributed by atoms with Crippen molar-refractivity contribution in [1.82, 2.24) is 20.6 Å². The van der Waals surface area contributed by atoms with Gasteiger partial charge in [0.25, 0.3) is 0 Å². The molecular formula is C16H24IN5OS. The number of halogens is 1. The number of aryl methyl sites for hydroxylation is 2. The van der Waals surface area contributed by atoms with Crippen LogP contribution in [-0.4, -0.2) is 29.6 Å². The van der Waals surface area contributed by atoms with Gasteiger partial charge < -0.3 is 15.4 Å². The zero-order valence-electron chi connectivity index (χ0n) is 14.4. The van der Waals surface area contributed by atoms with Crippen molar-refractivity contribution >= 4 is 41.3 Å². The Kier molecular flexibility index (Phi) is 8.98. The Labute approximate surface area is 164 Å². The number of hydrogen-bond donors (Lipinski definition) is 2. The maximum atomic E-state index is 5.25. The van der Waals surface area contributed by atoms with Crippen LogP contribution in [0, 0.1) is 13.8 Å². The van der Waals surface area contributed by atoms with Gasteiger partial charge in [-0.25, -0.2) is 15.0 Å².